The lowest BCUT2D eigenvalue weighted by atomic mass is 9.87. The third-order valence-electron chi connectivity index (χ3n) is 3.64. The van der Waals surface area contributed by atoms with Gasteiger partial charge in [-0.15, -0.1) is 0 Å². The second-order valence-corrected chi connectivity index (χ2v) is 7.24. The average molecular weight is 299 g/mol. The van der Waals surface area contributed by atoms with Crippen molar-refractivity contribution >= 4 is 11.9 Å². The average Bonchev–Trinajstić information content (AvgIpc) is 2.28. The third-order valence-corrected chi connectivity index (χ3v) is 3.64. The van der Waals surface area contributed by atoms with Crippen LogP contribution in [0.3, 0.4) is 0 Å². The van der Waals surface area contributed by atoms with Gasteiger partial charge >= 0.3 is 5.97 Å². The maximum atomic E-state index is 12.1. The number of hydrogen-bond acceptors (Lipinski definition) is 4. The summed E-state index contributed by atoms with van der Waals surface area (Å²) in [5, 5.41) is 11.8. The number of nitrogens with two attached hydrogens (primary N) is 1. The van der Waals surface area contributed by atoms with Crippen molar-refractivity contribution in [2.45, 2.75) is 58.5 Å². The van der Waals surface area contributed by atoms with Crippen molar-refractivity contribution in [1.29, 1.82) is 0 Å². The minimum atomic E-state index is -0.881. The van der Waals surface area contributed by atoms with Crippen LogP contribution in [0.25, 0.3) is 0 Å². The molecule has 6 nitrogen and oxygen atoms in total. The van der Waals surface area contributed by atoms with Gasteiger partial charge in [0.25, 0.3) is 0 Å². The molecule has 4 N–H and O–H groups in total. The SMILES string of the molecule is CC(C)(C)CC(CC(=O)O)NC(=O)CN1CCC(N)CC1. The smallest absolute Gasteiger partial charge is 0.305 e. The van der Waals surface area contributed by atoms with Crippen LogP contribution >= 0.6 is 0 Å². The first-order valence-corrected chi connectivity index (χ1v) is 7.65. The van der Waals surface area contributed by atoms with Crippen LogP contribution < -0.4 is 11.1 Å². The van der Waals surface area contributed by atoms with E-state index in [1.165, 1.54) is 0 Å². The predicted octanol–water partition coefficient (Wildman–Crippen LogP) is 0.805. The third kappa shape index (κ3) is 8.02. The van der Waals surface area contributed by atoms with Gasteiger partial charge in [-0.3, -0.25) is 14.5 Å². The molecule has 1 aliphatic rings. The Morgan fingerprint density at radius 2 is 1.90 bits per heavy atom. The van der Waals surface area contributed by atoms with E-state index in [1.54, 1.807) is 0 Å². The molecule has 0 aromatic rings. The van der Waals surface area contributed by atoms with Gasteiger partial charge in [-0.25, -0.2) is 0 Å². The van der Waals surface area contributed by atoms with E-state index in [-0.39, 0.29) is 29.8 Å². The van der Waals surface area contributed by atoms with Crippen LogP contribution in [0.1, 0.15) is 46.5 Å². The molecule has 0 bridgehead atoms. The fourth-order valence-electron chi connectivity index (χ4n) is 2.71. The lowest BCUT2D eigenvalue weighted by Gasteiger charge is -2.31. The Hall–Kier alpha value is -1.14. The number of likely N-dealkylation sites (tertiary alicyclic amines) is 1. The maximum Gasteiger partial charge on any atom is 0.305 e. The molecule has 0 radical (unpaired) electrons. The molecule has 1 saturated heterocycles. The highest BCUT2D eigenvalue weighted by Gasteiger charge is 2.24. The van der Waals surface area contributed by atoms with Gasteiger partial charge < -0.3 is 16.2 Å². The van der Waals surface area contributed by atoms with Crippen molar-refractivity contribution in [3.05, 3.63) is 0 Å². The number of nitrogens with one attached hydrogen (secondary N) is 1. The molecule has 1 fully saturated rings. The second kappa shape index (κ2) is 7.75. The van der Waals surface area contributed by atoms with Crippen LogP contribution in [0.15, 0.2) is 0 Å². The monoisotopic (exact) mass is 299 g/mol. The van der Waals surface area contributed by atoms with Gasteiger partial charge in [0.1, 0.15) is 0 Å². The van der Waals surface area contributed by atoms with Gasteiger partial charge in [0.15, 0.2) is 0 Å². The molecule has 122 valence electrons. The Bertz CT molecular complexity index is 358. The fourth-order valence-corrected chi connectivity index (χ4v) is 2.71. The van der Waals surface area contributed by atoms with Gasteiger partial charge in [0.2, 0.25) is 5.91 Å². The summed E-state index contributed by atoms with van der Waals surface area (Å²) in [5.74, 6) is -0.977. The summed E-state index contributed by atoms with van der Waals surface area (Å²) in [5.41, 5.74) is 5.82. The Morgan fingerprint density at radius 3 is 2.38 bits per heavy atom. The number of carbonyl (C=O) groups is 2. The van der Waals surface area contributed by atoms with Crippen LogP contribution in [-0.4, -0.2) is 53.6 Å². The number of amides is 1. The summed E-state index contributed by atoms with van der Waals surface area (Å²) in [6.45, 7) is 8.11. The largest absolute Gasteiger partial charge is 0.481 e. The molecule has 1 rings (SSSR count). The molecule has 1 unspecified atom stereocenters. The zero-order valence-corrected chi connectivity index (χ0v) is 13.4. The van der Waals surface area contributed by atoms with E-state index in [0.717, 1.165) is 25.9 Å². The maximum absolute atomic E-state index is 12.1. The Balaban J connectivity index is 2.45. The number of aliphatic carboxylic acids is 1. The highest BCUT2D eigenvalue weighted by Crippen LogP contribution is 2.22. The standard InChI is InChI=1S/C15H29N3O3/c1-15(2,3)9-12(8-14(20)21)17-13(19)10-18-6-4-11(16)5-7-18/h11-12H,4-10,16H2,1-3H3,(H,17,19)(H,20,21). The van der Waals surface area contributed by atoms with Gasteiger partial charge in [-0.2, -0.15) is 0 Å². The predicted molar refractivity (Wildman–Crippen MR) is 81.9 cm³/mol. The number of carboxylic acids is 1. The quantitative estimate of drug-likeness (QED) is 0.674. The van der Waals surface area contributed by atoms with E-state index < -0.39 is 5.97 Å². The lowest BCUT2D eigenvalue weighted by molar-refractivity contribution is -0.138. The first-order valence-electron chi connectivity index (χ1n) is 7.65. The number of piperidine rings is 1. The van der Waals surface area contributed by atoms with Gasteiger partial charge in [0, 0.05) is 25.2 Å². The van der Waals surface area contributed by atoms with Crippen LogP contribution in [0, 0.1) is 5.41 Å². The zero-order valence-electron chi connectivity index (χ0n) is 13.4. The molecule has 0 aliphatic carbocycles. The molecule has 0 aromatic carbocycles. The minimum Gasteiger partial charge on any atom is -0.481 e. The lowest BCUT2D eigenvalue weighted by Crippen LogP contribution is -2.47. The van der Waals surface area contributed by atoms with Crippen LogP contribution in [-0.2, 0) is 9.59 Å². The summed E-state index contributed by atoms with van der Waals surface area (Å²) in [6, 6.07) is -0.0768. The molecular weight excluding hydrogens is 270 g/mol. The van der Waals surface area contributed by atoms with E-state index in [4.69, 9.17) is 10.8 Å². The van der Waals surface area contributed by atoms with E-state index in [2.05, 4.69) is 10.2 Å². The topological polar surface area (TPSA) is 95.7 Å². The summed E-state index contributed by atoms with van der Waals surface area (Å²) < 4.78 is 0. The Labute approximate surface area is 127 Å². The molecule has 0 saturated carbocycles. The molecule has 1 aliphatic heterocycles. The zero-order chi connectivity index (χ0) is 16.0. The molecule has 1 amide bonds. The molecule has 6 heteroatoms. The van der Waals surface area contributed by atoms with E-state index >= 15 is 0 Å². The first kappa shape index (κ1) is 17.9. The van der Waals surface area contributed by atoms with Crippen LogP contribution in [0.5, 0.6) is 0 Å². The number of carbonyl (C=O) groups excluding carboxylic acids is 1. The van der Waals surface area contributed by atoms with Crippen molar-refractivity contribution in [1.82, 2.24) is 10.2 Å². The molecule has 21 heavy (non-hydrogen) atoms. The number of nitrogens with zero attached hydrogens (tertiary/aromatic N) is 1. The Kier molecular flexibility index (Phi) is 6.61. The van der Waals surface area contributed by atoms with Crippen molar-refractivity contribution < 1.29 is 14.7 Å². The minimum absolute atomic E-state index is 0.0225. The van der Waals surface area contributed by atoms with E-state index in [1.807, 2.05) is 20.8 Å². The van der Waals surface area contributed by atoms with Crippen molar-refractivity contribution in [2.24, 2.45) is 11.1 Å². The molecule has 0 spiro atoms. The van der Waals surface area contributed by atoms with Crippen LogP contribution in [0.4, 0.5) is 0 Å². The normalized spacial score (nSPS) is 19.2. The summed E-state index contributed by atoms with van der Waals surface area (Å²) in [4.78, 5) is 25.1. The molecular formula is C15H29N3O3. The first-order chi connectivity index (χ1) is 9.65. The molecule has 1 atom stereocenters. The van der Waals surface area contributed by atoms with E-state index in [0.29, 0.717) is 13.0 Å². The summed E-state index contributed by atoms with van der Waals surface area (Å²) in [6.07, 6.45) is 2.44. The highest BCUT2D eigenvalue weighted by molar-refractivity contribution is 5.79. The highest BCUT2D eigenvalue weighted by atomic mass is 16.4. The summed E-state index contributed by atoms with van der Waals surface area (Å²) >= 11 is 0. The second-order valence-electron chi connectivity index (χ2n) is 7.24. The van der Waals surface area contributed by atoms with Crippen molar-refractivity contribution in [3.63, 3.8) is 0 Å². The number of carboxylic acid groups (broad SMARTS) is 1. The molecule has 1 heterocycles. The van der Waals surface area contributed by atoms with Gasteiger partial charge in [-0.05, 0) is 24.7 Å². The van der Waals surface area contributed by atoms with Gasteiger partial charge in [0.05, 0.1) is 13.0 Å². The van der Waals surface area contributed by atoms with Crippen LogP contribution in [0.2, 0.25) is 0 Å². The Morgan fingerprint density at radius 1 is 1.33 bits per heavy atom. The number of rotatable bonds is 6. The van der Waals surface area contributed by atoms with Gasteiger partial charge in [-0.1, -0.05) is 20.8 Å². The van der Waals surface area contributed by atoms with E-state index in [9.17, 15) is 9.59 Å². The van der Waals surface area contributed by atoms with Crippen molar-refractivity contribution in [3.8, 4) is 0 Å². The van der Waals surface area contributed by atoms with Crippen molar-refractivity contribution in [2.75, 3.05) is 19.6 Å². The molecule has 0 aromatic heterocycles. The fraction of sp³-hybridized carbons (Fsp3) is 0.867. The summed E-state index contributed by atoms with van der Waals surface area (Å²) in [7, 11) is 0. The number of hydrogen-bond donors (Lipinski definition) is 3.